The molecule has 2 amide bonds. The van der Waals surface area contributed by atoms with Crippen molar-refractivity contribution in [1.29, 1.82) is 0 Å². The molecule has 1 saturated heterocycles. The highest BCUT2D eigenvalue weighted by atomic mass is 32.2. The molecule has 1 aliphatic rings. The predicted molar refractivity (Wildman–Crippen MR) is 99.5 cm³/mol. The van der Waals surface area contributed by atoms with Crippen LogP contribution < -0.4 is 9.64 Å². The summed E-state index contributed by atoms with van der Waals surface area (Å²) in [5.41, 5.74) is -1.21. The third-order valence-corrected chi connectivity index (χ3v) is 4.63. The van der Waals surface area contributed by atoms with Crippen molar-refractivity contribution >= 4 is 40.6 Å². The molecule has 29 heavy (non-hydrogen) atoms. The van der Waals surface area contributed by atoms with Gasteiger partial charge in [-0.25, -0.2) is 9.69 Å². The minimum atomic E-state index is -4.73. The van der Waals surface area contributed by atoms with Gasteiger partial charge in [0.1, 0.15) is 5.75 Å². The van der Waals surface area contributed by atoms with Crippen molar-refractivity contribution in [2.24, 2.45) is 0 Å². The lowest BCUT2D eigenvalue weighted by atomic mass is 10.1. The molecule has 150 valence electrons. The number of rotatable bonds is 5. The van der Waals surface area contributed by atoms with Gasteiger partial charge < -0.3 is 9.84 Å². The maximum absolute atomic E-state index is 13.2. The van der Waals surface area contributed by atoms with Gasteiger partial charge in [0.25, 0.3) is 11.1 Å². The van der Waals surface area contributed by atoms with E-state index in [4.69, 9.17) is 9.84 Å². The van der Waals surface area contributed by atoms with Crippen LogP contribution in [0.25, 0.3) is 6.08 Å². The van der Waals surface area contributed by atoms with E-state index < -0.39 is 41.1 Å². The number of carboxylic acids is 1. The zero-order valence-corrected chi connectivity index (χ0v) is 15.3. The molecular weight excluding hydrogens is 411 g/mol. The maximum atomic E-state index is 13.2. The Bertz CT molecular complexity index is 1020. The number of thioether (sulfide) groups is 1. The van der Waals surface area contributed by atoms with Gasteiger partial charge in [-0.15, -0.1) is 0 Å². The molecule has 0 radical (unpaired) electrons. The van der Waals surface area contributed by atoms with Crippen molar-refractivity contribution in [3.63, 3.8) is 0 Å². The number of carbonyl (C=O) groups is 3. The number of alkyl halides is 3. The number of para-hydroxylation sites is 1. The number of nitrogens with zero attached hydrogens (tertiary/aromatic N) is 1. The van der Waals surface area contributed by atoms with Gasteiger partial charge in [0.05, 0.1) is 16.2 Å². The molecule has 0 bridgehead atoms. The van der Waals surface area contributed by atoms with Crippen LogP contribution in [0.4, 0.5) is 23.7 Å². The van der Waals surface area contributed by atoms with Gasteiger partial charge in [0.2, 0.25) is 0 Å². The van der Waals surface area contributed by atoms with E-state index in [1.165, 1.54) is 30.3 Å². The van der Waals surface area contributed by atoms with Crippen LogP contribution in [0.3, 0.4) is 0 Å². The van der Waals surface area contributed by atoms with Gasteiger partial charge in [0, 0.05) is 0 Å². The third kappa shape index (κ3) is 4.60. The molecule has 6 nitrogen and oxygen atoms in total. The van der Waals surface area contributed by atoms with Crippen molar-refractivity contribution in [3.05, 3.63) is 64.6 Å². The second kappa shape index (κ2) is 8.00. The van der Waals surface area contributed by atoms with E-state index in [2.05, 4.69) is 0 Å². The molecule has 0 spiro atoms. The van der Waals surface area contributed by atoms with Gasteiger partial charge in [-0.2, -0.15) is 13.2 Å². The van der Waals surface area contributed by atoms with Crippen LogP contribution in [0, 0.1) is 0 Å². The minimum absolute atomic E-state index is 0.0673. The number of imide groups is 1. The van der Waals surface area contributed by atoms with Crippen molar-refractivity contribution in [3.8, 4) is 5.75 Å². The average molecular weight is 423 g/mol. The van der Waals surface area contributed by atoms with Gasteiger partial charge >= 0.3 is 12.1 Å². The quantitative estimate of drug-likeness (QED) is 0.718. The molecule has 1 N–H and O–H groups in total. The van der Waals surface area contributed by atoms with E-state index in [0.717, 1.165) is 12.1 Å². The number of amides is 2. The molecule has 0 unspecified atom stereocenters. The summed E-state index contributed by atoms with van der Waals surface area (Å²) in [7, 11) is 0. The molecule has 1 heterocycles. The highest BCUT2D eigenvalue weighted by Crippen LogP contribution is 2.42. The molecule has 3 rings (SSSR count). The third-order valence-electron chi connectivity index (χ3n) is 3.76. The van der Waals surface area contributed by atoms with E-state index in [1.54, 1.807) is 12.1 Å². The molecule has 0 aliphatic carbocycles. The van der Waals surface area contributed by atoms with Gasteiger partial charge in [0.15, 0.2) is 6.61 Å². The van der Waals surface area contributed by atoms with Gasteiger partial charge in [-0.3, -0.25) is 9.59 Å². The number of ether oxygens (including phenoxy) is 1. The number of aliphatic carboxylic acids is 1. The Morgan fingerprint density at radius 3 is 2.55 bits per heavy atom. The Kier molecular flexibility index (Phi) is 5.64. The number of hydrogen-bond acceptors (Lipinski definition) is 5. The van der Waals surface area contributed by atoms with Crippen LogP contribution >= 0.6 is 11.8 Å². The molecule has 1 fully saturated rings. The minimum Gasteiger partial charge on any atom is -0.482 e. The lowest BCUT2D eigenvalue weighted by Crippen LogP contribution is -2.30. The Hall–Kier alpha value is -3.27. The van der Waals surface area contributed by atoms with Gasteiger partial charge in [-0.1, -0.05) is 24.3 Å². The van der Waals surface area contributed by atoms with E-state index in [9.17, 15) is 27.6 Å². The smallest absolute Gasteiger partial charge is 0.418 e. The second-order valence-corrected chi connectivity index (χ2v) is 6.78. The summed E-state index contributed by atoms with van der Waals surface area (Å²) in [5.74, 6) is -1.82. The van der Waals surface area contributed by atoms with Crippen LogP contribution in [0.15, 0.2) is 53.4 Å². The van der Waals surface area contributed by atoms with Crippen LogP contribution in [-0.4, -0.2) is 28.8 Å². The van der Waals surface area contributed by atoms with Crippen LogP contribution in [0.2, 0.25) is 0 Å². The maximum Gasteiger partial charge on any atom is 0.418 e. The highest BCUT2D eigenvalue weighted by molar-refractivity contribution is 8.19. The Morgan fingerprint density at radius 1 is 1.14 bits per heavy atom. The summed E-state index contributed by atoms with van der Waals surface area (Å²) < 4.78 is 44.8. The molecule has 2 aromatic rings. The zero-order valence-electron chi connectivity index (χ0n) is 14.5. The summed E-state index contributed by atoms with van der Waals surface area (Å²) >= 11 is 0.511. The second-order valence-electron chi connectivity index (χ2n) is 5.79. The first-order valence-corrected chi connectivity index (χ1v) is 8.87. The normalized spacial score (nSPS) is 15.8. The van der Waals surface area contributed by atoms with E-state index in [-0.39, 0.29) is 10.7 Å². The lowest BCUT2D eigenvalue weighted by molar-refractivity contribution is -0.139. The molecule has 10 heteroatoms. The predicted octanol–water partition coefficient (Wildman–Crippen LogP) is 4.41. The first kappa shape index (κ1) is 20.5. The monoisotopic (exact) mass is 423 g/mol. The fourth-order valence-electron chi connectivity index (χ4n) is 2.57. The molecule has 1 aliphatic heterocycles. The number of hydrogen-bond donors (Lipinski definition) is 1. The fraction of sp³-hybridized carbons (Fsp3) is 0.105. The summed E-state index contributed by atoms with van der Waals surface area (Å²) in [6.45, 7) is -0.561. The number of carbonyl (C=O) groups excluding carboxylic acids is 2. The zero-order chi connectivity index (χ0) is 21.2. The van der Waals surface area contributed by atoms with E-state index in [0.29, 0.717) is 22.2 Å². The van der Waals surface area contributed by atoms with E-state index >= 15 is 0 Å². The largest absolute Gasteiger partial charge is 0.482 e. The van der Waals surface area contributed by atoms with Crippen molar-refractivity contribution in [2.75, 3.05) is 11.5 Å². The summed E-state index contributed by atoms with van der Waals surface area (Å²) in [6.07, 6.45) is -3.40. The molecule has 0 atom stereocenters. The first-order valence-electron chi connectivity index (χ1n) is 8.05. The highest BCUT2D eigenvalue weighted by Gasteiger charge is 2.42. The fourth-order valence-corrected chi connectivity index (χ4v) is 3.41. The van der Waals surface area contributed by atoms with Crippen LogP contribution in [0.1, 0.15) is 11.1 Å². The molecule has 2 aromatic carbocycles. The van der Waals surface area contributed by atoms with Gasteiger partial charge in [-0.05, 0) is 47.7 Å². The van der Waals surface area contributed by atoms with Crippen LogP contribution in [0.5, 0.6) is 5.75 Å². The summed E-state index contributed by atoms with van der Waals surface area (Å²) in [5, 5.41) is 7.80. The SMILES string of the molecule is O=C(O)COc1cccc(/C=C2/SC(=O)N(c3ccccc3C(F)(F)F)C2=O)c1. The lowest BCUT2D eigenvalue weighted by Gasteiger charge is -2.18. The molecule has 0 saturated carbocycles. The van der Waals surface area contributed by atoms with Crippen LogP contribution in [-0.2, 0) is 15.8 Å². The standard InChI is InChI=1S/C19H12F3NO5S/c20-19(21,22)13-6-1-2-7-14(13)23-17(26)15(29-18(23)27)9-11-4-3-5-12(8-11)28-10-16(24)25/h1-9H,10H2,(H,24,25)/b15-9+. The Balaban J connectivity index is 1.91. The number of halogens is 3. The summed E-state index contributed by atoms with van der Waals surface area (Å²) in [4.78, 5) is 35.9. The number of benzene rings is 2. The molecular formula is C19H12F3NO5S. The first-order chi connectivity index (χ1) is 13.7. The van der Waals surface area contributed by atoms with Crippen molar-refractivity contribution in [2.45, 2.75) is 6.18 Å². The van der Waals surface area contributed by atoms with Crippen molar-refractivity contribution in [1.82, 2.24) is 0 Å². The number of carboxylic acid groups (broad SMARTS) is 1. The topological polar surface area (TPSA) is 83.9 Å². The summed E-state index contributed by atoms with van der Waals surface area (Å²) in [6, 6.07) is 10.4. The molecule has 0 aromatic heterocycles. The van der Waals surface area contributed by atoms with Crippen molar-refractivity contribution < 1.29 is 37.4 Å². The number of anilines is 1. The Morgan fingerprint density at radius 2 is 1.86 bits per heavy atom. The average Bonchev–Trinajstić information content (AvgIpc) is 2.93. The Labute approximate surface area is 166 Å². The van der Waals surface area contributed by atoms with E-state index in [1.807, 2.05) is 0 Å².